The minimum absolute atomic E-state index is 0.172. The molecule has 77 valence electrons. The standard InChI is InChI=1S/C14H9FN/c15-14-9-12(10-5-7-16-8-6-10)3-4-13(14)11-1-2-11/h1-9H. The Labute approximate surface area is 93.3 Å². The van der Waals surface area contributed by atoms with Gasteiger partial charge in [0.2, 0.25) is 0 Å². The molecular weight excluding hydrogens is 201 g/mol. The average molecular weight is 210 g/mol. The van der Waals surface area contributed by atoms with Crippen molar-refractivity contribution < 1.29 is 4.39 Å². The summed E-state index contributed by atoms with van der Waals surface area (Å²) in [6.07, 6.45) is 7.23. The summed E-state index contributed by atoms with van der Waals surface area (Å²) in [6, 6.07) is 9.06. The molecule has 0 saturated carbocycles. The second-order valence-electron chi connectivity index (χ2n) is 3.72. The van der Waals surface area contributed by atoms with Crippen LogP contribution in [0.25, 0.3) is 11.1 Å². The van der Waals surface area contributed by atoms with Crippen LogP contribution in [0.5, 0.6) is 0 Å². The highest BCUT2D eigenvalue weighted by Gasteiger charge is 2.18. The first-order valence-corrected chi connectivity index (χ1v) is 5.10. The molecule has 0 aliphatic heterocycles. The largest absolute Gasteiger partial charge is 0.265 e. The van der Waals surface area contributed by atoms with Gasteiger partial charge in [-0.2, -0.15) is 0 Å². The van der Waals surface area contributed by atoms with Crippen LogP contribution in [0.3, 0.4) is 0 Å². The predicted molar refractivity (Wildman–Crippen MR) is 61.1 cm³/mol. The summed E-state index contributed by atoms with van der Waals surface area (Å²) < 4.78 is 13.8. The number of aromatic nitrogens is 1. The van der Waals surface area contributed by atoms with E-state index in [9.17, 15) is 4.39 Å². The predicted octanol–water partition coefficient (Wildman–Crippen LogP) is 3.38. The number of halogens is 1. The number of pyridine rings is 1. The van der Waals surface area contributed by atoms with Crippen LogP contribution >= 0.6 is 0 Å². The molecule has 0 amide bonds. The maximum Gasteiger partial charge on any atom is 0.128 e. The fourth-order valence-corrected chi connectivity index (χ4v) is 1.69. The molecule has 0 saturated heterocycles. The molecule has 1 radical (unpaired) electrons. The van der Waals surface area contributed by atoms with E-state index in [1.165, 1.54) is 0 Å². The second-order valence-corrected chi connectivity index (χ2v) is 3.72. The lowest BCUT2D eigenvalue weighted by Crippen LogP contribution is -1.89. The van der Waals surface area contributed by atoms with Gasteiger partial charge in [-0.1, -0.05) is 24.3 Å². The van der Waals surface area contributed by atoms with Crippen molar-refractivity contribution in [2.24, 2.45) is 0 Å². The summed E-state index contributed by atoms with van der Waals surface area (Å²) in [4.78, 5) is 3.94. The van der Waals surface area contributed by atoms with Crippen molar-refractivity contribution in [2.45, 2.75) is 0 Å². The Balaban J connectivity index is 2.00. The normalized spacial score (nSPS) is 14.1. The van der Waals surface area contributed by atoms with Gasteiger partial charge in [-0.05, 0) is 29.3 Å². The van der Waals surface area contributed by atoms with Gasteiger partial charge in [0.25, 0.3) is 0 Å². The molecule has 1 nitrogen and oxygen atoms in total. The summed E-state index contributed by atoms with van der Waals surface area (Å²) in [7, 11) is 0. The van der Waals surface area contributed by atoms with E-state index in [2.05, 4.69) is 4.98 Å². The zero-order valence-electron chi connectivity index (χ0n) is 8.52. The smallest absolute Gasteiger partial charge is 0.128 e. The summed E-state index contributed by atoms with van der Waals surface area (Å²) in [5.41, 5.74) is 2.54. The third-order valence-corrected chi connectivity index (χ3v) is 2.63. The van der Waals surface area contributed by atoms with E-state index >= 15 is 0 Å². The SMILES string of the molecule is Fc1cc(-c2ccncc2)ccc1[C]1C=C1. The Morgan fingerprint density at radius 1 is 0.875 bits per heavy atom. The van der Waals surface area contributed by atoms with Gasteiger partial charge in [0.05, 0.1) is 5.92 Å². The zero-order chi connectivity index (χ0) is 11.0. The van der Waals surface area contributed by atoms with E-state index in [0.717, 1.165) is 17.0 Å². The first kappa shape index (κ1) is 9.28. The lowest BCUT2D eigenvalue weighted by molar-refractivity contribution is 0.621. The van der Waals surface area contributed by atoms with E-state index in [0.29, 0.717) is 5.56 Å². The van der Waals surface area contributed by atoms with Crippen LogP contribution in [0.2, 0.25) is 0 Å². The molecule has 0 atom stereocenters. The number of allylic oxidation sites excluding steroid dienone is 2. The van der Waals surface area contributed by atoms with Crippen molar-refractivity contribution in [3.63, 3.8) is 0 Å². The number of benzene rings is 1. The van der Waals surface area contributed by atoms with Crippen LogP contribution in [0, 0.1) is 11.7 Å². The molecular formula is C14H9FN. The molecule has 0 bridgehead atoms. The number of rotatable bonds is 2. The van der Waals surface area contributed by atoms with Crippen molar-refractivity contribution in [2.75, 3.05) is 0 Å². The van der Waals surface area contributed by atoms with Crippen LogP contribution < -0.4 is 0 Å². The van der Waals surface area contributed by atoms with E-state index in [-0.39, 0.29) is 5.82 Å². The Bertz CT molecular complexity index is 540. The maximum absolute atomic E-state index is 13.8. The van der Waals surface area contributed by atoms with Gasteiger partial charge in [-0.25, -0.2) is 4.39 Å². The Kier molecular flexibility index (Phi) is 2.07. The molecule has 1 aromatic heterocycles. The van der Waals surface area contributed by atoms with Crippen LogP contribution in [-0.4, -0.2) is 4.98 Å². The van der Waals surface area contributed by atoms with E-state index in [1.807, 2.05) is 36.4 Å². The molecule has 0 fully saturated rings. The van der Waals surface area contributed by atoms with Gasteiger partial charge in [0.1, 0.15) is 5.82 Å². The van der Waals surface area contributed by atoms with Crippen LogP contribution in [0.1, 0.15) is 5.56 Å². The fraction of sp³-hybridized carbons (Fsp3) is 0. The van der Waals surface area contributed by atoms with E-state index in [4.69, 9.17) is 0 Å². The lowest BCUT2D eigenvalue weighted by atomic mass is 10.0. The summed E-state index contributed by atoms with van der Waals surface area (Å²) in [6.45, 7) is 0. The topological polar surface area (TPSA) is 12.9 Å². The van der Waals surface area contributed by atoms with Crippen molar-refractivity contribution in [1.82, 2.24) is 4.98 Å². The number of hydrogen-bond donors (Lipinski definition) is 0. The summed E-state index contributed by atoms with van der Waals surface area (Å²) in [5, 5.41) is 0. The molecule has 0 unspecified atom stereocenters. The third kappa shape index (κ3) is 1.63. The third-order valence-electron chi connectivity index (χ3n) is 2.63. The quantitative estimate of drug-likeness (QED) is 0.740. The maximum atomic E-state index is 13.8. The molecule has 16 heavy (non-hydrogen) atoms. The molecule has 1 aliphatic carbocycles. The van der Waals surface area contributed by atoms with Crippen molar-refractivity contribution in [3.05, 3.63) is 72.2 Å². The first-order chi connectivity index (χ1) is 7.84. The highest BCUT2D eigenvalue weighted by Crippen LogP contribution is 2.32. The van der Waals surface area contributed by atoms with Gasteiger partial charge >= 0.3 is 0 Å². The minimum Gasteiger partial charge on any atom is -0.265 e. The Morgan fingerprint density at radius 2 is 1.62 bits per heavy atom. The van der Waals surface area contributed by atoms with Gasteiger partial charge < -0.3 is 0 Å². The highest BCUT2D eigenvalue weighted by atomic mass is 19.1. The lowest BCUT2D eigenvalue weighted by Gasteiger charge is -2.05. The van der Waals surface area contributed by atoms with Crippen LogP contribution in [0.15, 0.2) is 54.9 Å². The fourth-order valence-electron chi connectivity index (χ4n) is 1.69. The van der Waals surface area contributed by atoms with Crippen molar-refractivity contribution >= 4 is 0 Å². The highest BCUT2D eigenvalue weighted by molar-refractivity contribution is 5.66. The Hall–Kier alpha value is -1.96. The molecule has 0 N–H and O–H groups in total. The second kappa shape index (κ2) is 3.56. The molecule has 2 heteroatoms. The summed E-state index contributed by atoms with van der Waals surface area (Å²) in [5.74, 6) is 0.813. The summed E-state index contributed by atoms with van der Waals surface area (Å²) >= 11 is 0. The number of nitrogens with zero attached hydrogens (tertiary/aromatic N) is 1. The van der Waals surface area contributed by atoms with Crippen LogP contribution in [-0.2, 0) is 0 Å². The van der Waals surface area contributed by atoms with E-state index < -0.39 is 0 Å². The van der Waals surface area contributed by atoms with Gasteiger partial charge in [0, 0.05) is 18.0 Å². The molecule has 3 rings (SSSR count). The van der Waals surface area contributed by atoms with Gasteiger partial charge in [-0.15, -0.1) is 0 Å². The van der Waals surface area contributed by atoms with Gasteiger partial charge in [-0.3, -0.25) is 4.98 Å². The van der Waals surface area contributed by atoms with Crippen LogP contribution in [0.4, 0.5) is 4.39 Å². The Morgan fingerprint density at radius 3 is 2.25 bits per heavy atom. The first-order valence-electron chi connectivity index (χ1n) is 5.10. The number of hydrogen-bond acceptors (Lipinski definition) is 1. The molecule has 1 aliphatic rings. The molecule has 1 aromatic carbocycles. The minimum atomic E-state index is -0.172. The monoisotopic (exact) mass is 210 g/mol. The molecule has 1 heterocycles. The molecule has 0 spiro atoms. The van der Waals surface area contributed by atoms with Gasteiger partial charge in [0.15, 0.2) is 0 Å². The van der Waals surface area contributed by atoms with Crippen molar-refractivity contribution in [1.29, 1.82) is 0 Å². The average Bonchev–Trinajstić information content (AvgIpc) is 3.14. The van der Waals surface area contributed by atoms with Crippen molar-refractivity contribution in [3.8, 4) is 11.1 Å². The van der Waals surface area contributed by atoms with E-state index in [1.54, 1.807) is 18.5 Å². The molecule has 2 aromatic rings. The zero-order valence-corrected chi connectivity index (χ0v) is 8.52.